The molecule has 1 N–H and O–H groups in total. The van der Waals surface area contributed by atoms with E-state index in [-0.39, 0.29) is 4.21 Å². The smallest absolute Gasteiger partial charge is 0.271 e. The number of rotatable bonds is 5. The number of benzene rings is 1. The highest BCUT2D eigenvalue weighted by molar-refractivity contribution is 7.94. The van der Waals surface area contributed by atoms with Crippen LogP contribution in [0.15, 0.2) is 40.6 Å². The number of nitrogens with one attached hydrogen (secondary N) is 1. The summed E-state index contributed by atoms with van der Waals surface area (Å²) in [6.07, 6.45) is 1.49. The van der Waals surface area contributed by atoms with E-state index in [9.17, 15) is 13.2 Å². The molecule has 1 aromatic carbocycles. The summed E-state index contributed by atoms with van der Waals surface area (Å²) in [6, 6.07) is 9.76. The van der Waals surface area contributed by atoms with Crippen molar-refractivity contribution in [3.8, 4) is 0 Å². The third-order valence-corrected chi connectivity index (χ3v) is 5.63. The Morgan fingerprint density at radius 3 is 2.68 bits per heavy atom. The fraction of sp³-hybridized carbons (Fsp3) is 0.154. The van der Waals surface area contributed by atoms with Crippen molar-refractivity contribution < 1.29 is 13.2 Å². The van der Waals surface area contributed by atoms with Gasteiger partial charge in [-0.05, 0) is 30.7 Å². The molecule has 1 heterocycles. The Labute approximate surface area is 116 Å². The van der Waals surface area contributed by atoms with Crippen LogP contribution in [0, 0.1) is 0 Å². The number of hydrogen-bond acceptors (Lipinski definition) is 4. The van der Waals surface area contributed by atoms with Gasteiger partial charge in [-0.2, -0.15) is 0 Å². The number of aldehydes is 1. The molecule has 0 bridgehead atoms. The monoisotopic (exact) mass is 295 g/mol. The molecule has 100 valence electrons. The fourth-order valence-corrected chi connectivity index (χ4v) is 3.92. The maximum atomic E-state index is 12.1. The third-order valence-electron chi connectivity index (χ3n) is 2.53. The van der Waals surface area contributed by atoms with Gasteiger partial charge in [-0.3, -0.25) is 9.52 Å². The van der Waals surface area contributed by atoms with Crippen LogP contribution in [-0.4, -0.2) is 14.7 Å². The molecule has 0 aliphatic carbocycles. The van der Waals surface area contributed by atoms with Gasteiger partial charge in [0.25, 0.3) is 10.0 Å². The van der Waals surface area contributed by atoms with Gasteiger partial charge in [0.05, 0.1) is 0 Å². The molecule has 0 aliphatic rings. The van der Waals surface area contributed by atoms with Crippen LogP contribution >= 0.6 is 11.3 Å². The van der Waals surface area contributed by atoms with E-state index >= 15 is 0 Å². The molecule has 0 fully saturated rings. The zero-order chi connectivity index (χ0) is 13.9. The van der Waals surface area contributed by atoms with Gasteiger partial charge in [0, 0.05) is 16.1 Å². The number of hydrogen-bond donors (Lipinski definition) is 1. The van der Waals surface area contributed by atoms with Gasteiger partial charge in [0.1, 0.15) is 10.5 Å². The Morgan fingerprint density at radius 1 is 1.26 bits per heavy atom. The number of aryl methyl sites for hydroxylation is 1. The molecule has 6 heteroatoms. The first-order valence-electron chi connectivity index (χ1n) is 5.72. The van der Waals surface area contributed by atoms with Gasteiger partial charge < -0.3 is 0 Å². The molecule has 4 nitrogen and oxygen atoms in total. The minimum atomic E-state index is -3.57. The van der Waals surface area contributed by atoms with Crippen LogP contribution in [0.2, 0.25) is 0 Å². The number of anilines is 1. The molecule has 2 aromatic rings. The second kappa shape index (κ2) is 5.54. The van der Waals surface area contributed by atoms with E-state index in [2.05, 4.69) is 4.72 Å². The van der Waals surface area contributed by atoms with Gasteiger partial charge in [-0.15, -0.1) is 11.3 Å². The standard InChI is InChI=1S/C13H13NO3S2/c1-2-12-6-7-13(18-12)19(16,17)14-11-5-3-4-10(8-11)9-15/h3-9,14H,2H2,1H3. The molecule has 0 atom stereocenters. The van der Waals surface area contributed by atoms with Gasteiger partial charge in [0.2, 0.25) is 0 Å². The maximum absolute atomic E-state index is 12.1. The fourth-order valence-electron chi connectivity index (χ4n) is 1.57. The van der Waals surface area contributed by atoms with Crippen molar-refractivity contribution in [1.29, 1.82) is 0 Å². The van der Waals surface area contributed by atoms with E-state index in [1.807, 2.05) is 6.92 Å². The lowest BCUT2D eigenvalue weighted by molar-refractivity contribution is 0.112. The predicted molar refractivity (Wildman–Crippen MR) is 76.3 cm³/mol. The average Bonchev–Trinajstić information content (AvgIpc) is 2.88. The van der Waals surface area contributed by atoms with Crippen molar-refractivity contribution in [2.75, 3.05) is 4.72 Å². The van der Waals surface area contributed by atoms with E-state index in [0.29, 0.717) is 17.5 Å². The molecule has 0 aliphatic heterocycles. The van der Waals surface area contributed by atoms with Gasteiger partial charge >= 0.3 is 0 Å². The normalized spacial score (nSPS) is 11.2. The maximum Gasteiger partial charge on any atom is 0.271 e. The second-order valence-corrected chi connectivity index (χ2v) is 7.00. The number of sulfonamides is 1. The predicted octanol–water partition coefficient (Wildman–Crippen LogP) is 2.92. The molecule has 0 saturated carbocycles. The van der Waals surface area contributed by atoms with Gasteiger partial charge in [0.15, 0.2) is 0 Å². The Morgan fingerprint density at radius 2 is 2.05 bits per heavy atom. The molecular weight excluding hydrogens is 282 g/mol. The van der Waals surface area contributed by atoms with Crippen LogP contribution in [0.4, 0.5) is 5.69 Å². The number of carbonyl (C=O) groups is 1. The summed E-state index contributed by atoms with van der Waals surface area (Å²) in [5.74, 6) is 0. The molecule has 0 saturated heterocycles. The van der Waals surface area contributed by atoms with Crippen molar-refractivity contribution in [3.05, 3.63) is 46.8 Å². The quantitative estimate of drug-likeness (QED) is 0.863. The topological polar surface area (TPSA) is 63.2 Å². The SMILES string of the molecule is CCc1ccc(S(=O)(=O)Nc2cccc(C=O)c2)s1. The zero-order valence-corrected chi connectivity index (χ0v) is 11.9. The number of carbonyl (C=O) groups excluding carboxylic acids is 1. The summed E-state index contributed by atoms with van der Waals surface area (Å²) in [4.78, 5) is 11.7. The summed E-state index contributed by atoms with van der Waals surface area (Å²) >= 11 is 1.25. The van der Waals surface area contributed by atoms with Gasteiger partial charge in [-0.25, -0.2) is 8.42 Å². The Balaban J connectivity index is 2.27. The van der Waals surface area contributed by atoms with E-state index < -0.39 is 10.0 Å². The van der Waals surface area contributed by atoms with E-state index in [1.54, 1.807) is 30.3 Å². The summed E-state index contributed by atoms with van der Waals surface area (Å²) in [5, 5.41) is 0. The van der Waals surface area contributed by atoms with Crippen molar-refractivity contribution in [2.45, 2.75) is 17.6 Å². The largest absolute Gasteiger partial charge is 0.298 e. The van der Waals surface area contributed by atoms with E-state index in [0.717, 1.165) is 11.3 Å². The molecule has 0 amide bonds. The van der Waals surface area contributed by atoms with Crippen LogP contribution in [-0.2, 0) is 16.4 Å². The lowest BCUT2D eigenvalue weighted by atomic mass is 10.2. The molecular formula is C13H13NO3S2. The molecule has 2 rings (SSSR count). The van der Waals surface area contributed by atoms with E-state index in [1.165, 1.54) is 17.4 Å². The van der Waals surface area contributed by atoms with Crippen LogP contribution in [0.5, 0.6) is 0 Å². The molecule has 0 unspecified atom stereocenters. The summed E-state index contributed by atoms with van der Waals surface area (Å²) < 4.78 is 27.0. The highest BCUT2D eigenvalue weighted by Gasteiger charge is 2.16. The van der Waals surface area contributed by atoms with Crippen LogP contribution < -0.4 is 4.72 Å². The second-order valence-electron chi connectivity index (χ2n) is 3.92. The molecule has 0 radical (unpaired) electrons. The zero-order valence-electron chi connectivity index (χ0n) is 10.3. The van der Waals surface area contributed by atoms with Crippen LogP contribution in [0.25, 0.3) is 0 Å². The van der Waals surface area contributed by atoms with Crippen molar-refractivity contribution in [3.63, 3.8) is 0 Å². The Kier molecular flexibility index (Phi) is 4.01. The first-order valence-corrected chi connectivity index (χ1v) is 8.02. The first-order chi connectivity index (χ1) is 9.05. The van der Waals surface area contributed by atoms with Gasteiger partial charge in [-0.1, -0.05) is 19.1 Å². The summed E-state index contributed by atoms with van der Waals surface area (Å²) in [7, 11) is -3.57. The molecule has 0 spiro atoms. The highest BCUT2D eigenvalue weighted by Crippen LogP contribution is 2.24. The Bertz CT molecular complexity index is 689. The molecule has 19 heavy (non-hydrogen) atoms. The summed E-state index contributed by atoms with van der Waals surface area (Å²) in [6.45, 7) is 1.98. The van der Waals surface area contributed by atoms with Crippen molar-refractivity contribution in [2.24, 2.45) is 0 Å². The van der Waals surface area contributed by atoms with Crippen LogP contribution in [0.1, 0.15) is 22.2 Å². The van der Waals surface area contributed by atoms with E-state index in [4.69, 9.17) is 0 Å². The molecule has 1 aromatic heterocycles. The van der Waals surface area contributed by atoms with Crippen molar-refractivity contribution >= 4 is 33.3 Å². The number of thiophene rings is 1. The van der Waals surface area contributed by atoms with Crippen LogP contribution in [0.3, 0.4) is 0 Å². The summed E-state index contributed by atoms with van der Waals surface area (Å²) in [5.41, 5.74) is 0.816. The van der Waals surface area contributed by atoms with Crippen molar-refractivity contribution in [1.82, 2.24) is 0 Å². The minimum absolute atomic E-state index is 0.279. The first kappa shape index (κ1) is 13.8. The minimum Gasteiger partial charge on any atom is -0.298 e. The highest BCUT2D eigenvalue weighted by atomic mass is 32.2. The third kappa shape index (κ3) is 3.21. The lowest BCUT2D eigenvalue weighted by Crippen LogP contribution is -2.11. The lowest BCUT2D eigenvalue weighted by Gasteiger charge is -2.06. The Hall–Kier alpha value is -1.66. The average molecular weight is 295 g/mol.